The van der Waals surface area contributed by atoms with Crippen LogP contribution in [0.4, 0.5) is 10.2 Å². The molecule has 2 aromatic carbocycles. The van der Waals surface area contributed by atoms with Gasteiger partial charge in [-0.2, -0.15) is 0 Å². The van der Waals surface area contributed by atoms with Crippen LogP contribution in [0.25, 0.3) is 22.0 Å². The van der Waals surface area contributed by atoms with Crippen LogP contribution in [0, 0.1) is 19.7 Å². The standard InChI is InChI=1S/C24H24FN5O2/c1-13-4-3-5-17(25)20(13)16-8-18-21-22(14(16)2)32-11-15-10-29(24(31)19-9-26-19)6-7-30(15)23(21)28-12-27-18/h3-5,8,12,15,19,26H,6-7,9-11H2,1-2H3/t15-,19?/m0/s1. The van der Waals surface area contributed by atoms with Gasteiger partial charge in [-0.1, -0.05) is 12.1 Å². The van der Waals surface area contributed by atoms with Crippen LogP contribution >= 0.6 is 0 Å². The second-order valence-corrected chi connectivity index (χ2v) is 8.80. The van der Waals surface area contributed by atoms with Gasteiger partial charge in [-0.05, 0) is 42.7 Å². The maximum Gasteiger partial charge on any atom is 0.241 e. The van der Waals surface area contributed by atoms with Crippen molar-refractivity contribution in [2.75, 3.05) is 37.7 Å². The fourth-order valence-electron chi connectivity index (χ4n) is 5.01. The van der Waals surface area contributed by atoms with Crippen LogP contribution in [0.3, 0.4) is 0 Å². The Morgan fingerprint density at radius 1 is 1.25 bits per heavy atom. The maximum absolute atomic E-state index is 14.8. The lowest BCUT2D eigenvalue weighted by molar-refractivity contribution is -0.131. The van der Waals surface area contributed by atoms with Gasteiger partial charge < -0.3 is 19.9 Å². The van der Waals surface area contributed by atoms with E-state index in [1.807, 2.05) is 30.9 Å². The van der Waals surface area contributed by atoms with Gasteiger partial charge in [-0.25, -0.2) is 14.4 Å². The first kappa shape index (κ1) is 19.4. The highest BCUT2D eigenvalue weighted by Gasteiger charge is 2.39. The highest BCUT2D eigenvalue weighted by Crippen LogP contribution is 2.43. The molecule has 0 radical (unpaired) electrons. The third-order valence-corrected chi connectivity index (χ3v) is 6.79. The number of halogens is 1. The van der Waals surface area contributed by atoms with Crippen LogP contribution in [0.2, 0.25) is 0 Å². The number of carbonyl (C=O) groups excluding carboxylic acids is 1. The summed E-state index contributed by atoms with van der Waals surface area (Å²) in [6.07, 6.45) is 1.56. The number of aromatic nitrogens is 2. The fourth-order valence-corrected chi connectivity index (χ4v) is 5.01. The number of rotatable bonds is 2. The molecule has 32 heavy (non-hydrogen) atoms. The van der Waals surface area contributed by atoms with Crippen LogP contribution in [0.5, 0.6) is 5.75 Å². The monoisotopic (exact) mass is 433 g/mol. The van der Waals surface area contributed by atoms with Crippen LogP contribution < -0.4 is 15.0 Å². The first-order valence-corrected chi connectivity index (χ1v) is 11.0. The average molecular weight is 433 g/mol. The van der Waals surface area contributed by atoms with Crippen molar-refractivity contribution in [3.63, 3.8) is 0 Å². The van der Waals surface area contributed by atoms with Gasteiger partial charge >= 0.3 is 0 Å². The first-order valence-electron chi connectivity index (χ1n) is 11.0. The number of aryl methyl sites for hydroxylation is 1. The summed E-state index contributed by atoms with van der Waals surface area (Å²) >= 11 is 0. The molecule has 0 saturated carbocycles. The Kier molecular flexibility index (Phi) is 4.33. The van der Waals surface area contributed by atoms with Gasteiger partial charge in [0.15, 0.2) is 0 Å². The molecule has 7 nitrogen and oxygen atoms in total. The minimum atomic E-state index is -0.261. The molecule has 1 aromatic heterocycles. The van der Waals surface area contributed by atoms with E-state index in [2.05, 4.69) is 20.2 Å². The number of piperazine rings is 1. The SMILES string of the molecule is Cc1cccc(F)c1-c1cc2ncnc3c2c(c1C)OC[C@@H]1CN(C(=O)C2CN2)CCN31. The molecule has 164 valence electrons. The van der Waals surface area contributed by atoms with Crippen LogP contribution in [0.1, 0.15) is 11.1 Å². The predicted octanol–water partition coefficient (Wildman–Crippen LogP) is 2.43. The fraction of sp³-hybridized carbons (Fsp3) is 0.375. The average Bonchev–Trinajstić information content (AvgIpc) is 3.64. The molecule has 1 amide bonds. The quantitative estimate of drug-likeness (QED) is 0.626. The zero-order chi connectivity index (χ0) is 22.0. The van der Waals surface area contributed by atoms with E-state index in [9.17, 15) is 9.18 Å². The van der Waals surface area contributed by atoms with E-state index in [0.29, 0.717) is 37.6 Å². The summed E-state index contributed by atoms with van der Waals surface area (Å²) in [6, 6.07) is 7.01. The number of nitrogens with one attached hydrogen (secondary N) is 1. The van der Waals surface area contributed by atoms with E-state index < -0.39 is 0 Å². The lowest BCUT2D eigenvalue weighted by atomic mass is 9.93. The third kappa shape index (κ3) is 2.93. The molecule has 3 aliphatic rings. The first-order chi connectivity index (χ1) is 15.5. The molecule has 4 heterocycles. The summed E-state index contributed by atoms with van der Waals surface area (Å²) in [7, 11) is 0. The number of benzene rings is 2. The van der Waals surface area contributed by atoms with Gasteiger partial charge in [-0.15, -0.1) is 0 Å². The highest BCUT2D eigenvalue weighted by molar-refractivity contribution is 6.00. The molecule has 1 unspecified atom stereocenters. The number of ether oxygens (including phenoxy) is 1. The van der Waals surface area contributed by atoms with Gasteiger partial charge in [0.1, 0.15) is 30.3 Å². The number of amides is 1. The molecule has 0 spiro atoms. The number of fused-ring (bicyclic) bond motifs is 2. The summed E-state index contributed by atoms with van der Waals surface area (Å²) < 4.78 is 21.2. The number of nitrogens with zero attached hydrogens (tertiary/aromatic N) is 4. The molecule has 0 aliphatic carbocycles. The van der Waals surface area contributed by atoms with Crippen LogP contribution in [-0.4, -0.2) is 65.6 Å². The summed E-state index contributed by atoms with van der Waals surface area (Å²) in [6.45, 7) is 6.99. The van der Waals surface area contributed by atoms with Gasteiger partial charge in [-0.3, -0.25) is 4.79 Å². The Bertz CT molecular complexity index is 1240. The normalized spacial score (nSPS) is 21.7. The van der Waals surface area contributed by atoms with Gasteiger partial charge in [0.25, 0.3) is 0 Å². The second kappa shape index (κ2) is 7.13. The minimum absolute atomic E-state index is 0.00463. The lowest BCUT2D eigenvalue weighted by Gasteiger charge is -2.40. The van der Waals surface area contributed by atoms with Gasteiger partial charge in [0.2, 0.25) is 5.91 Å². The molecule has 2 fully saturated rings. The summed E-state index contributed by atoms with van der Waals surface area (Å²) in [5.74, 6) is 1.42. The maximum atomic E-state index is 14.8. The molecule has 2 saturated heterocycles. The van der Waals surface area contributed by atoms with Crippen molar-refractivity contribution in [1.29, 1.82) is 0 Å². The largest absolute Gasteiger partial charge is 0.490 e. The van der Waals surface area contributed by atoms with E-state index in [4.69, 9.17) is 4.74 Å². The van der Waals surface area contributed by atoms with Crippen LogP contribution in [-0.2, 0) is 4.79 Å². The second-order valence-electron chi connectivity index (χ2n) is 8.80. The predicted molar refractivity (Wildman–Crippen MR) is 119 cm³/mol. The van der Waals surface area contributed by atoms with Gasteiger partial charge in [0.05, 0.1) is 23.0 Å². The van der Waals surface area contributed by atoms with Gasteiger partial charge in [0, 0.05) is 31.7 Å². The van der Waals surface area contributed by atoms with Crippen molar-refractivity contribution in [2.45, 2.75) is 25.9 Å². The summed E-state index contributed by atoms with van der Waals surface area (Å²) in [5, 5.41) is 3.95. The summed E-state index contributed by atoms with van der Waals surface area (Å²) in [4.78, 5) is 25.9. The zero-order valence-corrected chi connectivity index (χ0v) is 18.1. The van der Waals surface area contributed by atoms with Crippen molar-refractivity contribution in [3.05, 3.63) is 47.5 Å². The van der Waals surface area contributed by atoms with E-state index in [1.54, 1.807) is 12.4 Å². The van der Waals surface area contributed by atoms with Crippen molar-refractivity contribution in [2.24, 2.45) is 0 Å². The molecule has 2 atom stereocenters. The molecule has 1 N–H and O–H groups in total. The molecule has 3 aromatic rings. The Morgan fingerprint density at radius 3 is 2.88 bits per heavy atom. The Balaban J connectivity index is 1.46. The number of hydrogen-bond acceptors (Lipinski definition) is 6. The molecular formula is C24H24FN5O2. The van der Waals surface area contributed by atoms with Crippen molar-refractivity contribution >= 4 is 22.6 Å². The topological polar surface area (TPSA) is 80.5 Å². The zero-order valence-electron chi connectivity index (χ0n) is 18.1. The number of hydrogen-bond donors (Lipinski definition) is 1. The van der Waals surface area contributed by atoms with Crippen molar-refractivity contribution in [1.82, 2.24) is 20.2 Å². The highest BCUT2D eigenvalue weighted by atomic mass is 19.1. The van der Waals surface area contributed by atoms with E-state index in [1.165, 1.54) is 6.07 Å². The van der Waals surface area contributed by atoms with E-state index in [0.717, 1.165) is 40.0 Å². The number of anilines is 1. The van der Waals surface area contributed by atoms with Crippen molar-refractivity contribution in [3.8, 4) is 16.9 Å². The van der Waals surface area contributed by atoms with E-state index in [-0.39, 0.29) is 23.8 Å². The van der Waals surface area contributed by atoms with Crippen LogP contribution in [0.15, 0.2) is 30.6 Å². The minimum Gasteiger partial charge on any atom is -0.490 e. The smallest absolute Gasteiger partial charge is 0.241 e. The van der Waals surface area contributed by atoms with E-state index >= 15 is 0 Å². The Labute approximate surface area is 185 Å². The summed E-state index contributed by atoms with van der Waals surface area (Å²) in [5.41, 5.74) is 3.82. The number of carbonyl (C=O) groups is 1. The lowest BCUT2D eigenvalue weighted by Crippen LogP contribution is -2.57. The molecule has 0 bridgehead atoms. The molecular weight excluding hydrogens is 409 g/mol. The van der Waals surface area contributed by atoms with Crippen molar-refractivity contribution < 1.29 is 13.9 Å². The Morgan fingerprint density at radius 2 is 2.09 bits per heavy atom. The molecule has 8 heteroatoms. The molecule has 6 rings (SSSR count). The third-order valence-electron chi connectivity index (χ3n) is 6.79. The Hall–Kier alpha value is -3.26. The molecule has 3 aliphatic heterocycles.